The number of amides is 1. The molecule has 1 aliphatic rings. The third-order valence-electron chi connectivity index (χ3n) is 5.55. The van der Waals surface area contributed by atoms with E-state index in [0.29, 0.717) is 43.1 Å². The van der Waals surface area contributed by atoms with Crippen molar-refractivity contribution < 1.29 is 9.32 Å². The molecule has 0 radical (unpaired) electrons. The Morgan fingerprint density at radius 3 is 2.73 bits per heavy atom. The van der Waals surface area contributed by atoms with E-state index in [-0.39, 0.29) is 17.6 Å². The van der Waals surface area contributed by atoms with Gasteiger partial charge in [0.1, 0.15) is 11.6 Å². The van der Waals surface area contributed by atoms with Gasteiger partial charge in [0.05, 0.1) is 18.7 Å². The Kier molecular flexibility index (Phi) is 5.76. The first-order valence-electron chi connectivity index (χ1n) is 10.0. The summed E-state index contributed by atoms with van der Waals surface area (Å²) in [6, 6.07) is 7.28. The Hall–Kier alpha value is -2.87. The number of halogens is 1. The van der Waals surface area contributed by atoms with E-state index in [2.05, 4.69) is 15.6 Å². The van der Waals surface area contributed by atoms with E-state index in [1.807, 2.05) is 26.0 Å². The SMILES string of the molecule is Cc1noc(C)c1Cn1nc2n(c1=O)CCC(NC(=O)Cc1ccc(Cl)cc1)CC2. The Labute approximate surface area is 178 Å². The van der Waals surface area contributed by atoms with Gasteiger partial charge in [0, 0.05) is 29.6 Å². The summed E-state index contributed by atoms with van der Waals surface area (Å²) in [6.07, 6.45) is 2.38. The standard InChI is InChI=1S/C21H24ClN5O3/c1-13-18(14(2)30-25-13)12-27-21(29)26-10-9-17(7-8-19(26)24-27)23-20(28)11-15-3-5-16(22)6-4-15/h3-6,17H,7-12H2,1-2H3,(H,23,28). The fourth-order valence-electron chi connectivity index (χ4n) is 3.82. The number of aryl methyl sites for hydroxylation is 3. The van der Waals surface area contributed by atoms with Crippen molar-refractivity contribution in [2.24, 2.45) is 0 Å². The maximum atomic E-state index is 12.8. The summed E-state index contributed by atoms with van der Waals surface area (Å²) in [5, 5.41) is 12.2. The van der Waals surface area contributed by atoms with E-state index in [0.717, 1.165) is 29.1 Å². The van der Waals surface area contributed by atoms with Gasteiger partial charge in [0.15, 0.2) is 0 Å². The summed E-state index contributed by atoms with van der Waals surface area (Å²) in [4.78, 5) is 25.2. The number of hydrogen-bond donors (Lipinski definition) is 1. The van der Waals surface area contributed by atoms with Crippen LogP contribution in [0.3, 0.4) is 0 Å². The smallest absolute Gasteiger partial charge is 0.346 e. The van der Waals surface area contributed by atoms with Crippen LogP contribution in [0.2, 0.25) is 5.02 Å². The fourth-order valence-corrected chi connectivity index (χ4v) is 3.95. The fraction of sp³-hybridized carbons (Fsp3) is 0.429. The van der Waals surface area contributed by atoms with Crippen LogP contribution < -0.4 is 11.0 Å². The highest BCUT2D eigenvalue weighted by atomic mass is 35.5. The molecule has 158 valence electrons. The molecule has 1 unspecified atom stereocenters. The lowest BCUT2D eigenvalue weighted by molar-refractivity contribution is -0.121. The summed E-state index contributed by atoms with van der Waals surface area (Å²) in [5.74, 6) is 1.42. The topological polar surface area (TPSA) is 94.9 Å². The van der Waals surface area contributed by atoms with Gasteiger partial charge in [-0.25, -0.2) is 9.48 Å². The van der Waals surface area contributed by atoms with Crippen molar-refractivity contribution in [3.8, 4) is 0 Å². The highest BCUT2D eigenvalue weighted by molar-refractivity contribution is 6.30. The number of hydrogen-bond acceptors (Lipinski definition) is 5. The molecule has 2 aromatic heterocycles. The van der Waals surface area contributed by atoms with Crippen LogP contribution >= 0.6 is 11.6 Å². The van der Waals surface area contributed by atoms with Gasteiger partial charge in [-0.15, -0.1) is 0 Å². The summed E-state index contributed by atoms with van der Waals surface area (Å²) < 4.78 is 8.37. The third-order valence-corrected chi connectivity index (χ3v) is 5.80. The second-order valence-corrected chi connectivity index (χ2v) is 8.14. The van der Waals surface area contributed by atoms with Crippen molar-refractivity contribution in [1.82, 2.24) is 24.8 Å². The first-order chi connectivity index (χ1) is 14.4. The molecule has 0 saturated heterocycles. The number of carbonyl (C=O) groups excluding carboxylic acids is 1. The number of benzene rings is 1. The first-order valence-corrected chi connectivity index (χ1v) is 10.4. The molecule has 0 fully saturated rings. The minimum Gasteiger partial charge on any atom is -0.361 e. The molecule has 3 aromatic rings. The van der Waals surface area contributed by atoms with Gasteiger partial charge in [-0.05, 0) is 44.4 Å². The number of fused-ring (bicyclic) bond motifs is 1. The van der Waals surface area contributed by atoms with Crippen molar-refractivity contribution in [2.45, 2.75) is 58.7 Å². The molecule has 1 N–H and O–H groups in total. The molecule has 1 atom stereocenters. The van der Waals surface area contributed by atoms with Crippen LogP contribution in [-0.4, -0.2) is 31.5 Å². The Morgan fingerprint density at radius 2 is 2.03 bits per heavy atom. The molecule has 1 aliphatic heterocycles. The molecule has 9 heteroatoms. The molecule has 30 heavy (non-hydrogen) atoms. The van der Waals surface area contributed by atoms with Gasteiger partial charge in [-0.3, -0.25) is 9.36 Å². The molecule has 3 heterocycles. The van der Waals surface area contributed by atoms with Gasteiger partial charge in [-0.1, -0.05) is 28.9 Å². The minimum atomic E-state index is -0.141. The van der Waals surface area contributed by atoms with Crippen LogP contribution in [0.1, 0.15) is 41.2 Å². The molecular formula is C21H24ClN5O3. The van der Waals surface area contributed by atoms with Crippen LogP contribution in [0.25, 0.3) is 0 Å². The second kappa shape index (κ2) is 8.47. The quantitative estimate of drug-likeness (QED) is 0.672. The first kappa shape index (κ1) is 20.4. The van der Waals surface area contributed by atoms with Crippen LogP contribution in [0, 0.1) is 13.8 Å². The summed E-state index contributed by atoms with van der Waals surface area (Å²) in [5.41, 5.74) is 2.43. The zero-order valence-corrected chi connectivity index (χ0v) is 17.8. The predicted molar refractivity (Wildman–Crippen MR) is 112 cm³/mol. The van der Waals surface area contributed by atoms with Gasteiger partial charge in [0.25, 0.3) is 0 Å². The number of aromatic nitrogens is 4. The Bertz CT molecular complexity index is 1090. The average molecular weight is 430 g/mol. The maximum absolute atomic E-state index is 12.8. The molecule has 1 amide bonds. The molecule has 0 spiro atoms. The number of nitrogens with zero attached hydrogens (tertiary/aromatic N) is 4. The van der Waals surface area contributed by atoms with Crippen LogP contribution in [0.15, 0.2) is 33.6 Å². The highest BCUT2D eigenvalue weighted by Gasteiger charge is 2.23. The molecule has 1 aromatic carbocycles. The predicted octanol–water partition coefficient (Wildman–Crippen LogP) is 2.42. The Morgan fingerprint density at radius 1 is 1.27 bits per heavy atom. The van der Waals surface area contributed by atoms with E-state index in [1.165, 1.54) is 4.68 Å². The summed E-state index contributed by atoms with van der Waals surface area (Å²) in [6.45, 7) is 4.57. The van der Waals surface area contributed by atoms with Crippen LogP contribution in [0.5, 0.6) is 0 Å². The van der Waals surface area contributed by atoms with E-state index in [9.17, 15) is 9.59 Å². The van der Waals surface area contributed by atoms with Crippen molar-refractivity contribution in [3.63, 3.8) is 0 Å². The molecule has 8 nitrogen and oxygen atoms in total. The van der Waals surface area contributed by atoms with Crippen LogP contribution in [0.4, 0.5) is 0 Å². The number of nitrogens with one attached hydrogen (secondary N) is 1. The number of carbonyl (C=O) groups is 1. The van der Waals surface area contributed by atoms with Gasteiger partial charge < -0.3 is 9.84 Å². The van der Waals surface area contributed by atoms with E-state index >= 15 is 0 Å². The molecule has 0 saturated carbocycles. The maximum Gasteiger partial charge on any atom is 0.346 e. The van der Waals surface area contributed by atoms with Crippen molar-refractivity contribution in [3.05, 3.63) is 68.2 Å². The van der Waals surface area contributed by atoms with Crippen molar-refractivity contribution in [2.75, 3.05) is 0 Å². The molecule has 0 aliphatic carbocycles. The number of rotatable bonds is 5. The normalized spacial score (nSPS) is 16.2. The van der Waals surface area contributed by atoms with E-state index < -0.39 is 0 Å². The van der Waals surface area contributed by atoms with Crippen LogP contribution in [-0.2, 0) is 30.7 Å². The van der Waals surface area contributed by atoms with Gasteiger partial charge in [0.2, 0.25) is 5.91 Å². The minimum absolute atomic E-state index is 0.0157. The third kappa shape index (κ3) is 4.33. The van der Waals surface area contributed by atoms with Gasteiger partial charge >= 0.3 is 5.69 Å². The Balaban J connectivity index is 1.39. The highest BCUT2D eigenvalue weighted by Crippen LogP contribution is 2.16. The lowest BCUT2D eigenvalue weighted by Crippen LogP contribution is -2.36. The lowest BCUT2D eigenvalue weighted by atomic mass is 10.1. The van der Waals surface area contributed by atoms with E-state index in [4.69, 9.17) is 16.1 Å². The van der Waals surface area contributed by atoms with Gasteiger partial charge in [-0.2, -0.15) is 5.10 Å². The molecular weight excluding hydrogens is 406 g/mol. The summed E-state index contributed by atoms with van der Waals surface area (Å²) >= 11 is 5.89. The summed E-state index contributed by atoms with van der Waals surface area (Å²) in [7, 11) is 0. The zero-order valence-electron chi connectivity index (χ0n) is 17.0. The lowest BCUT2D eigenvalue weighted by Gasteiger charge is -2.16. The second-order valence-electron chi connectivity index (χ2n) is 7.71. The van der Waals surface area contributed by atoms with Crippen molar-refractivity contribution in [1.29, 1.82) is 0 Å². The molecule has 0 bridgehead atoms. The monoisotopic (exact) mass is 429 g/mol. The van der Waals surface area contributed by atoms with E-state index in [1.54, 1.807) is 16.7 Å². The molecule has 4 rings (SSSR count). The zero-order chi connectivity index (χ0) is 21.3. The van der Waals surface area contributed by atoms with Crippen molar-refractivity contribution >= 4 is 17.5 Å². The average Bonchev–Trinajstić information content (AvgIpc) is 3.10. The largest absolute Gasteiger partial charge is 0.361 e.